The molecule has 5 aromatic carbocycles. The number of aromatic nitrogens is 2. The lowest BCUT2D eigenvalue weighted by Gasteiger charge is -2.25. The van der Waals surface area contributed by atoms with Crippen LogP contribution < -0.4 is 9.47 Å². The highest BCUT2D eigenvalue weighted by atomic mass is 19.1. The minimum Gasteiger partial charge on any atom is -0.481 e. The Morgan fingerprint density at radius 3 is 1.56 bits per heavy atom. The summed E-state index contributed by atoms with van der Waals surface area (Å²) in [5, 5.41) is 5.05. The van der Waals surface area contributed by atoms with Crippen molar-refractivity contribution in [3.8, 4) is 11.8 Å². The zero-order valence-corrected chi connectivity index (χ0v) is 43.3. The zero-order valence-electron chi connectivity index (χ0n) is 43.3. The van der Waals surface area contributed by atoms with Crippen LogP contribution >= 0.6 is 0 Å². The highest BCUT2D eigenvalue weighted by Crippen LogP contribution is 2.39. The van der Waals surface area contributed by atoms with Crippen LogP contribution in [0.15, 0.2) is 163 Å². The van der Waals surface area contributed by atoms with Crippen LogP contribution in [0.25, 0.3) is 32.6 Å². The van der Waals surface area contributed by atoms with Crippen molar-refractivity contribution in [1.82, 2.24) is 19.8 Å². The third kappa shape index (κ3) is 12.9. The van der Waals surface area contributed by atoms with Gasteiger partial charge in [0.05, 0.1) is 25.3 Å². The van der Waals surface area contributed by atoms with Gasteiger partial charge in [0, 0.05) is 34.7 Å². The number of rotatable bonds is 18. The van der Waals surface area contributed by atoms with E-state index in [9.17, 15) is 4.39 Å². The average molecular weight is 949 g/mol. The van der Waals surface area contributed by atoms with E-state index in [1.54, 1.807) is 20.3 Å². The first-order valence-electron chi connectivity index (χ1n) is 25.6. The molecule has 0 N–H and O–H groups in total. The largest absolute Gasteiger partial charge is 0.481 e. The van der Waals surface area contributed by atoms with E-state index in [-0.39, 0.29) is 11.7 Å². The van der Waals surface area contributed by atoms with Gasteiger partial charge >= 0.3 is 0 Å². The standard InChI is InChI=1S/C34H38N2O.C30H35FN2O/c1-24-11-9-12-25(21-24)22-32-31(30-16-7-8-18-33(30)35-34(32)37-4)23-27(19-20-36(2)3)29-17-10-14-26-13-5-6-15-28(26)29;1-21-9-7-10-22(17-21)18-28-27(26-13-5-6-14-29(26)32-30(28)34-4)20-24(15-16-33(2)3)23-11-8-12-25(31)19-23/h5-10,12-18,21,24,27H,11,19-20,22-23H2,1-4H3;5-8,10-14,17,19,21,24H,9,15-16,18,20H2,1-4H3. The minimum absolute atomic E-state index is 0.183. The van der Waals surface area contributed by atoms with Crippen LogP contribution in [-0.4, -0.2) is 75.3 Å². The Balaban J connectivity index is 0.000000191. The highest BCUT2D eigenvalue weighted by molar-refractivity contribution is 5.88. The third-order valence-corrected chi connectivity index (χ3v) is 14.3. The highest BCUT2D eigenvalue weighted by Gasteiger charge is 2.25. The van der Waals surface area contributed by atoms with Crippen LogP contribution in [0.5, 0.6) is 11.8 Å². The summed E-state index contributed by atoms with van der Waals surface area (Å²) in [6.07, 6.45) is 21.4. The first-order valence-corrected chi connectivity index (χ1v) is 25.6. The molecule has 7 heteroatoms. The number of nitrogens with zero attached hydrogens (tertiary/aromatic N) is 4. The summed E-state index contributed by atoms with van der Waals surface area (Å²) >= 11 is 0. The maximum absolute atomic E-state index is 14.2. The number of allylic oxidation sites excluding steroid dienone is 8. The molecule has 0 saturated carbocycles. The van der Waals surface area contributed by atoms with E-state index in [0.717, 1.165) is 97.9 Å². The van der Waals surface area contributed by atoms with E-state index >= 15 is 0 Å². The fourth-order valence-electron chi connectivity index (χ4n) is 10.7. The summed E-state index contributed by atoms with van der Waals surface area (Å²) < 4.78 is 26.0. The van der Waals surface area contributed by atoms with Crippen molar-refractivity contribution in [2.24, 2.45) is 11.8 Å². The van der Waals surface area contributed by atoms with Crippen molar-refractivity contribution in [1.29, 1.82) is 0 Å². The molecule has 71 heavy (non-hydrogen) atoms. The molecule has 0 radical (unpaired) electrons. The SMILES string of the molecule is COc1nc2ccccc2c(CC(CCN(C)C)c2cccc(F)c2)c1CC1=CC(C)CC=C1.COc1nc2ccccc2c(CC(CCN(C)C)c2cccc3ccccc23)c1CC1=CC(C)CC=C1. The Labute approximate surface area is 422 Å². The van der Waals surface area contributed by atoms with E-state index < -0.39 is 0 Å². The molecular formula is C64H73FN4O2. The van der Waals surface area contributed by atoms with Gasteiger partial charge in [0.2, 0.25) is 11.8 Å². The maximum Gasteiger partial charge on any atom is 0.217 e. The molecule has 2 aliphatic carbocycles. The summed E-state index contributed by atoms with van der Waals surface area (Å²) in [6.45, 7) is 6.51. The Hall–Kier alpha value is -6.41. The van der Waals surface area contributed by atoms with E-state index in [2.05, 4.69) is 173 Å². The van der Waals surface area contributed by atoms with E-state index in [1.165, 1.54) is 55.6 Å². The molecule has 0 fully saturated rings. The van der Waals surface area contributed by atoms with Gasteiger partial charge in [-0.15, -0.1) is 0 Å². The molecule has 0 bridgehead atoms. The van der Waals surface area contributed by atoms with E-state index in [4.69, 9.17) is 19.4 Å². The molecule has 7 aromatic rings. The lowest BCUT2D eigenvalue weighted by molar-refractivity contribution is 0.378. The first kappa shape index (κ1) is 51.0. The van der Waals surface area contributed by atoms with Gasteiger partial charge in [0.1, 0.15) is 5.82 Å². The summed E-state index contributed by atoms with van der Waals surface area (Å²) in [5.74, 6) is 2.91. The van der Waals surface area contributed by atoms with Crippen molar-refractivity contribution < 1.29 is 13.9 Å². The Bertz CT molecular complexity index is 3050. The smallest absolute Gasteiger partial charge is 0.217 e. The van der Waals surface area contributed by atoms with Crippen LogP contribution in [0, 0.1) is 17.7 Å². The van der Waals surface area contributed by atoms with Gasteiger partial charge in [-0.3, -0.25) is 0 Å². The van der Waals surface area contributed by atoms with Crippen molar-refractivity contribution in [3.63, 3.8) is 0 Å². The molecule has 0 amide bonds. The van der Waals surface area contributed by atoms with Gasteiger partial charge in [0.15, 0.2) is 0 Å². The Morgan fingerprint density at radius 1 is 0.563 bits per heavy atom. The topological polar surface area (TPSA) is 50.7 Å². The van der Waals surface area contributed by atoms with Gasteiger partial charge in [-0.1, -0.05) is 141 Å². The second kappa shape index (κ2) is 24.1. The fourth-order valence-corrected chi connectivity index (χ4v) is 10.7. The molecule has 368 valence electrons. The average Bonchev–Trinajstić information content (AvgIpc) is 3.37. The van der Waals surface area contributed by atoms with Crippen molar-refractivity contribution in [2.75, 3.05) is 55.5 Å². The fraction of sp³-hybridized carbons (Fsp3) is 0.344. The van der Waals surface area contributed by atoms with Crippen molar-refractivity contribution in [2.45, 2.75) is 77.0 Å². The number of fused-ring (bicyclic) bond motifs is 3. The Kier molecular flexibility index (Phi) is 17.3. The molecule has 0 saturated heterocycles. The third-order valence-electron chi connectivity index (χ3n) is 14.3. The van der Waals surface area contributed by atoms with Crippen molar-refractivity contribution in [3.05, 3.63) is 202 Å². The number of halogens is 1. The molecule has 6 nitrogen and oxygen atoms in total. The normalized spacial score (nSPS) is 16.5. The molecule has 4 unspecified atom stereocenters. The predicted molar refractivity (Wildman–Crippen MR) is 296 cm³/mol. The van der Waals surface area contributed by atoms with E-state index in [1.807, 2.05) is 18.2 Å². The van der Waals surface area contributed by atoms with Gasteiger partial charge in [-0.25, -0.2) is 14.4 Å². The molecule has 0 spiro atoms. The predicted octanol–water partition coefficient (Wildman–Crippen LogP) is 14.5. The van der Waals surface area contributed by atoms with Crippen LogP contribution in [0.1, 0.15) is 84.7 Å². The monoisotopic (exact) mass is 949 g/mol. The van der Waals surface area contributed by atoms with Crippen LogP contribution in [-0.2, 0) is 25.7 Å². The van der Waals surface area contributed by atoms with Crippen LogP contribution in [0.3, 0.4) is 0 Å². The van der Waals surface area contributed by atoms with Gasteiger partial charge in [-0.05, 0) is 172 Å². The minimum atomic E-state index is -0.184. The molecular weight excluding hydrogens is 876 g/mol. The number of ether oxygens (including phenoxy) is 2. The van der Waals surface area contributed by atoms with E-state index in [0.29, 0.717) is 23.6 Å². The van der Waals surface area contributed by atoms with Crippen LogP contribution in [0.4, 0.5) is 4.39 Å². The number of hydrogen-bond donors (Lipinski definition) is 0. The van der Waals surface area contributed by atoms with Gasteiger partial charge in [0.25, 0.3) is 0 Å². The van der Waals surface area contributed by atoms with Crippen LogP contribution in [0.2, 0.25) is 0 Å². The Morgan fingerprint density at radius 2 is 1.04 bits per heavy atom. The lowest BCUT2D eigenvalue weighted by atomic mass is 9.82. The summed E-state index contributed by atoms with van der Waals surface area (Å²) in [7, 11) is 12.0. The number of para-hydroxylation sites is 2. The number of hydrogen-bond acceptors (Lipinski definition) is 6. The molecule has 2 aliphatic rings. The zero-order chi connectivity index (χ0) is 49.9. The summed E-state index contributed by atoms with van der Waals surface area (Å²) in [6, 6.07) is 39.5. The second-order valence-electron chi connectivity index (χ2n) is 20.4. The molecule has 2 aromatic heterocycles. The molecule has 9 rings (SSSR count). The maximum atomic E-state index is 14.2. The number of methoxy groups -OCH3 is 2. The molecule has 4 atom stereocenters. The number of benzene rings is 5. The molecule has 0 aliphatic heterocycles. The lowest BCUT2D eigenvalue weighted by Crippen LogP contribution is -2.18. The second-order valence-corrected chi connectivity index (χ2v) is 20.4. The van der Waals surface area contributed by atoms with Gasteiger partial charge in [-0.2, -0.15) is 0 Å². The van der Waals surface area contributed by atoms with Gasteiger partial charge < -0.3 is 19.3 Å². The van der Waals surface area contributed by atoms with Crippen molar-refractivity contribution >= 4 is 32.6 Å². The first-order chi connectivity index (χ1) is 34.5. The summed E-state index contributed by atoms with van der Waals surface area (Å²) in [4.78, 5) is 14.3. The molecule has 2 heterocycles. The quantitative estimate of drug-likeness (QED) is 0.0854. The summed E-state index contributed by atoms with van der Waals surface area (Å²) in [5.41, 5.74) is 12.0. The number of pyridine rings is 2.